The van der Waals surface area contributed by atoms with E-state index >= 15 is 0 Å². The predicted molar refractivity (Wildman–Crippen MR) is 90.5 cm³/mol. The number of ether oxygens (including phenoxy) is 1. The molecule has 2 aromatic heterocycles. The molecule has 3 aromatic rings. The molecule has 0 aliphatic rings. The summed E-state index contributed by atoms with van der Waals surface area (Å²) < 4.78 is 7.80. The molecule has 0 atom stereocenters. The van der Waals surface area contributed by atoms with Crippen molar-refractivity contribution in [1.82, 2.24) is 25.1 Å². The van der Waals surface area contributed by atoms with Crippen molar-refractivity contribution >= 4 is 28.8 Å². The lowest BCUT2D eigenvalue weighted by molar-refractivity contribution is -0.132. The molecule has 0 radical (unpaired) electrons. The van der Waals surface area contributed by atoms with E-state index in [9.17, 15) is 4.79 Å². The third-order valence-corrected chi connectivity index (χ3v) is 4.46. The van der Waals surface area contributed by atoms with Gasteiger partial charge in [-0.25, -0.2) is 4.68 Å². The molecule has 24 heavy (non-hydrogen) atoms. The molecule has 0 N–H and O–H groups in total. The first-order chi connectivity index (χ1) is 11.6. The van der Waals surface area contributed by atoms with Gasteiger partial charge in [0.1, 0.15) is 12.1 Å². The number of amides is 1. The number of tetrazole rings is 1. The Balaban J connectivity index is 1.57. The molecule has 0 aliphatic carbocycles. The van der Waals surface area contributed by atoms with Crippen LogP contribution in [0.3, 0.4) is 0 Å². The largest absolute Gasteiger partial charge is 0.484 e. The summed E-state index contributed by atoms with van der Waals surface area (Å²) >= 11 is 7.35. The molecule has 0 fully saturated rings. The topological polar surface area (TPSA) is 73.1 Å². The van der Waals surface area contributed by atoms with E-state index in [1.165, 1.54) is 22.3 Å². The Morgan fingerprint density at radius 3 is 2.96 bits per heavy atom. The minimum Gasteiger partial charge on any atom is -0.484 e. The maximum Gasteiger partial charge on any atom is 0.260 e. The molecule has 0 saturated heterocycles. The molecule has 124 valence electrons. The highest BCUT2D eigenvalue weighted by atomic mass is 35.5. The number of benzene rings is 1. The minimum absolute atomic E-state index is 0.0470. The van der Waals surface area contributed by atoms with Crippen LogP contribution in [0.25, 0.3) is 5.69 Å². The van der Waals surface area contributed by atoms with Crippen molar-refractivity contribution in [3.05, 3.63) is 51.9 Å². The van der Waals surface area contributed by atoms with E-state index in [0.717, 1.165) is 10.6 Å². The Hall–Kier alpha value is -2.45. The van der Waals surface area contributed by atoms with Crippen LogP contribution in [-0.4, -0.2) is 44.7 Å². The molecule has 9 heteroatoms. The molecule has 0 saturated carbocycles. The molecule has 2 heterocycles. The van der Waals surface area contributed by atoms with E-state index in [1.54, 1.807) is 24.1 Å². The van der Waals surface area contributed by atoms with E-state index in [-0.39, 0.29) is 12.5 Å². The summed E-state index contributed by atoms with van der Waals surface area (Å²) in [5, 5.41) is 11.0. The van der Waals surface area contributed by atoms with Gasteiger partial charge in [0.25, 0.3) is 5.91 Å². The van der Waals surface area contributed by atoms with Crippen molar-refractivity contribution in [1.29, 1.82) is 0 Å². The molecule has 0 bridgehead atoms. The van der Waals surface area contributed by atoms with Gasteiger partial charge in [-0.15, -0.1) is 16.4 Å². The summed E-state index contributed by atoms with van der Waals surface area (Å²) in [5.41, 5.74) is 0.756. The van der Waals surface area contributed by atoms with Gasteiger partial charge in [-0.2, -0.15) is 0 Å². The summed E-state index contributed by atoms with van der Waals surface area (Å²) in [7, 11) is 1.73. The van der Waals surface area contributed by atoms with Crippen molar-refractivity contribution < 1.29 is 9.53 Å². The van der Waals surface area contributed by atoms with Gasteiger partial charge in [-0.05, 0) is 34.7 Å². The van der Waals surface area contributed by atoms with Crippen LogP contribution in [0.1, 0.15) is 4.88 Å². The Morgan fingerprint density at radius 2 is 2.25 bits per heavy atom. The smallest absolute Gasteiger partial charge is 0.260 e. The number of carbonyl (C=O) groups excluding carboxylic acids is 1. The normalized spacial score (nSPS) is 10.6. The molecular formula is C15H14ClN5O2S. The summed E-state index contributed by atoms with van der Waals surface area (Å²) in [5.74, 6) is 0.455. The van der Waals surface area contributed by atoms with Gasteiger partial charge in [0, 0.05) is 18.0 Å². The fraction of sp³-hybridized carbons (Fsp3) is 0.200. The average Bonchev–Trinajstić information content (AvgIpc) is 3.25. The van der Waals surface area contributed by atoms with Crippen molar-refractivity contribution in [2.75, 3.05) is 13.7 Å². The lowest BCUT2D eigenvalue weighted by Gasteiger charge is -2.16. The zero-order valence-corrected chi connectivity index (χ0v) is 14.4. The lowest BCUT2D eigenvalue weighted by Crippen LogP contribution is -2.30. The molecule has 3 rings (SSSR count). The van der Waals surface area contributed by atoms with E-state index in [0.29, 0.717) is 16.6 Å². The number of thiophene rings is 1. The van der Waals surface area contributed by atoms with Gasteiger partial charge in [-0.3, -0.25) is 4.79 Å². The second-order valence-corrected chi connectivity index (χ2v) is 6.80. The van der Waals surface area contributed by atoms with Gasteiger partial charge >= 0.3 is 0 Å². The number of nitrogens with zero attached hydrogens (tertiary/aromatic N) is 5. The number of hydrogen-bond acceptors (Lipinski definition) is 6. The standard InChI is InChI=1S/C15H14ClN5O2S/c1-20(8-13-5-6-14(16)24-13)15(22)9-23-12-4-2-3-11(7-12)21-10-17-18-19-21/h2-7,10H,8-9H2,1H3. The number of likely N-dealkylation sites (N-methyl/N-ethyl adjacent to an activating group) is 1. The Kier molecular flexibility index (Phi) is 5.07. The number of rotatable bonds is 6. The predicted octanol–water partition coefficient (Wildman–Crippen LogP) is 2.41. The molecule has 0 spiro atoms. The Bertz CT molecular complexity index is 821. The van der Waals surface area contributed by atoms with E-state index < -0.39 is 0 Å². The number of halogens is 1. The van der Waals surface area contributed by atoms with Crippen LogP contribution in [-0.2, 0) is 11.3 Å². The first-order valence-electron chi connectivity index (χ1n) is 7.06. The molecule has 0 aliphatic heterocycles. The molecule has 1 aromatic carbocycles. The molecule has 7 nitrogen and oxygen atoms in total. The molecule has 1 amide bonds. The first kappa shape index (κ1) is 16.4. The zero-order valence-electron chi connectivity index (χ0n) is 12.8. The van der Waals surface area contributed by atoms with Crippen LogP contribution in [0.2, 0.25) is 4.34 Å². The summed E-state index contributed by atoms with van der Waals surface area (Å²) in [6.45, 7) is 0.457. The molecule has 0 unspecified atom stereocenters. The van der Waals surface area contributed by atoms with Crippen molar-refractivity contribution in [2.45, 2.75) is 6.54 Å². The Labute approximate surface area is 147 Å². The van der Waals surface area contributed by atoms with Gasteiger partial charge < -0.3 is 9.64 Å². The van der Waals surface area contributed by atoms with Gasteiger partial charge in [0.15, 0.2) is 6.61 Å². The fourth-order valence-corrected chi connectivity index (χ4v) is 3.15. The second-order valence-electron chi connectivity index (χ2n) is 5.00. The van der Waals surface area contributed by atoms with Crippen LogP contribution in [0, 0.1) is 0 Å². The van der Waals surface area contributed by atoms with E-state index in [2.05, 4.69) is 15.5 Å². The van der Waals surface area contributed by atoms with Crippen molar-refractivity contribution in [2.24, 2.45) is 0 Å². The lowest BCUT2D eigenvalue weighted by atomic mass is 10.3. The van der Waals surface area contributed by atoms with Crippen LogP contribution in [0.15, 0.2) is 42.7 Å². The van der Waals surface area contributed by atoms with Crippen LogP contribution in [0.4, 0.5) is 0 Å². The number of carbonyl (C=O) groups is 1. The quantitative estimate of drug-likeness (QED) is 0.672. The highest BCUT2D eigenvalue weighted by molar-refractivity contribution is 7.16. The summed E-state index contributed by atoms with van der Waals surface area (Å²) in [6.07, 6.45) is 1.49. The van der Waals surface area contributed by atoms with Gasteiger partial charge in [0.2, 0.25) is 0 Å². The van der Waals surface area contributed by atoms with E-state index in [4.69, 9.17) is 16.3 Å². The summed E-state index contributed by atoms with van der Waals surface area (Å²) in [4.78, 5) is 14.8. The number of hydrogen-bond donors (Lipinski definition) is 0. The summed E-state index contributed by atoms with van der Waals surface area (Å²) in [6, 6.07) is 10.9. The van der Waals surface area contributed by atoms with Crippen molar-refractivity contribution in [3.63, 3.8) is 0 Å². The van der Waals surface area contributed by atoms with Crippen molar-refractivity contribution in [3.8, 4) is 11.4 Å². The maximum absolute atomic E-state index is 12.2. The van der Waals surface area contributed by atoms with Crippen LogP contribution in [0.5, 0.6) is 5.75 Å². The van der Waals surface area contributed by atoms with Gasteiger partial charge in [-0.1, -0.05) is 17.7 Å². The highest BCUT2D eigenvalue weighted by Gasteiger charge is 2.12. The fourth-order valence-electron chi connectivity index (χ4n) is 2.01. The van der Waals surface area contributed by atoms with Crippen LogP contribution >= 0.6 is 22.9 Å². The van der Waals surface area contributed by atoms with E-state index in [1.807, 2.05) is 24.3 Å². The molecular weight excluding hydrogens is 350 g/mol. The second kappa shape index (κ2) is 7.41. The Morgan fingerprint density at radius 1 is 1.38 bits per heavy atom. The average molecular weight is 364 g/mol. The third kappa shape index (κ3) is 4.09. The van der Waals surface area contributed by atoms with Gasteiger partial charge in [0.05, 0.1) is 16.6 Å². The van der Waals surface area contributed by atoms with Crippen LogP contribution < -0.4 is 4.74 Å². The first-order valence-corrected chi connectivity index (χ1v) is 8.25. The number of aromatic nitrogens is 4. The minimum atomic E-state index is -0.118. The maximum atomic E-state index is 12.2. The highest BCUT2D eigenvalue weighted by Crippen LogP contribution is 2.22. The SMILES string of the molecule is CN(Cc1ccc(Cl)s1)C(=O)COc1cccc(-n2cnnn2)c1. The third-order valence-electron chi connectivity index (χ3n) is 3.24. The zero-order chi connectivity index (χ0) is 16.9. The monoisotopic (exact) mass is 363 g/mol.